The Morgan fingerprint density at radius 3 is 2.69 bits per heavy atom. The number of guanidine groups is 1. The minimum absolute atomic E-state index is 0. The van der Waals surface area contributed by atoms with Crippen molar-refractivity contribution in [2.45, 2.75) is 26.8 Å². The van der Waals surface area contributed by atoms with Crippen molar-refractivity contribution >= 4 is 40.8 Å². The minimum atomic E-state index is 0. The molecule has 0 amide bonds. The fraction of sp³-hybridized carbons (Fsp3) is 0.368. The summed E-state index contributed by atoms with van der Waals surface area (Å²) in [5, 5.41) is 12.3. The van der Waals surface area contributed by atoms with E-state index in [9.17, 15) is 0 Å². The van der Waals surface area contributed by atoms with Crippen molar-refractivity contribution in [3.8, 4) is 0 Å². The van der Waals surface area contributed by atoms with Gasteiger partial charge in [0.15, 0.2) is 5.96 Å². The van der Waals surface area contributed by atoms with Gasteiger partial charge in [-0.3, -0.25) is 9.67 Å². The Morgan fingerprint density at radius 1 is 1.19 bits per heavy atom. The van der Waals surface area contributed by atoms with E-state index in [4.69, 9.17) is 0 Å². The van der Waals surface area contributed by atoms with Gasteiger partial charge in [0.05, 0.1) is 12.7 Å². The molecule has 0 fully saturated rings. The van der Waals surface area contributed by atoms with Crippen LogP contribution in [0.25, 0.3) is 10.9 Å². The molecular weight excluding hydrogens is 439 g/mol. The lowest BCUT2D eigenvalue weighted by Gasteiger charge is -2.12. The lowest BCUT2D eigenvalue weighted by atomic mass is 10.1. The molecule has 6 nitrogen and oxygen atoms in total. The quantitative estimate of drug-likeness (QED) is 0.297. The van der Waals surface area contributed by atoms with Gasteiger partial charge in [0, 0.05) is 42.9 Å². The zero-order valence-electron chi connectivity index (χ0n) is 15.5. The highest BCUT2D eigenvalue weighted by molar-refractivity contribution is 14.0. The lowest BCUT2D eigenvalue weighted by molar-refractivity contribution is 0.597. The molecule has 3 rings (SSSR count). The van der Waals surface area contributed by atoms with Crippen LogP contribution in [0.2, 0.25) is 0 Å². The second kappa shape index (κ2) is 9.61. The third-order valence-corrected chi connectivity index (χ3v) is 4.31. The van der Waals surface area contributed by atoms with Crippen LogP contribution in [0.3, 0.4) is 0 Å². The van der Waals surface area contributed by atoms with Crippen molar-refractivity contribution in [2.75, 3.05) is 20.1 Å². The Balaban J connectivity index is 0.00000243. The van der Waals surface area contributed by atoms with Crippen molar-refractivity contribution in [3.63, 3.8) is 0 Å². The van der Waals surface area contributed by atoms with Gasteiger partial charge < -0.3 is 15.6 Å². The zero-order valence-corrected chi connectivity index (χ0v) is 17.9. The van der Waals surface area contributed by atoms with Gasteiger partial charge in [0.25, 0.3) is 0 Å². The van der Waals surface area contributed by atoms with Gasteiger partial charge in [-0.15, -0.1) is 24.0 Å². The molecule has 0 aliphatic heterocycles. The topological polar surface area (TPSA) is 70.0 Å². The summed E-state index contributed by atoms with van der Waals surface area (Å²) < 4.78 is 1.94. The number of benzene rings is 1. The highest BCUT2D eigenvalue weighted by atomic mass is 127. The predicted molar refractivity (Wildman–Crippen MR) is 118 cm³/mol. The smallest absolute Gasteiger partial charge is 0.191 e. The van der Waals surface area contributed by atoms with Gasteiger partial charge in [0.2, 0.25) is 0 Å². The standard InChI is InChI=1S/C19H26N6.HI/c1-14-12-23-25(13-14)11-10-22-19(20-3)21-9-8-16-15(2)24-18-7-5-4-6-17(16)18;/h4-7,12-13,24H,8-11H2,1-3H3,(H2,20,21,22);1H. The average molecular weight is 466 g/mol. The number of para-hydroxylation sites is 1. The SMILES string of the molecule is CN=C(NCCc1c(C)[nH]c2ccccc12)NCCn1cc(C)cn1.I. The number of rotatable bonds is 6. The second-order valence-electron chi connectivity index (χ2n) is 6.23. The van der Waals surface area contributed by atoms with Crippen molar-refractivity contribution in [1.29, 1.82) is 0 Å². The summed E-state index contributed by atoms with van der Waals surface area (Å²) in [5.74, 6) is 0.821. The van der Waals surface area contributed by atoms with Crippen molar-refractivity contribution in [2.24, 2.45) is 4.99 Å². The summed E-state index contributed by atoms with van der Waals surface area (Å²) in [5.41, 5.74) is 4.98. The lowest BCUT2D eigenvalue weighted by Crippen LogP contribution is -2.39. The number of aromatic amines is 1. The fourth-order valence-electron chi connectivity index (χ4n) is 3.06. The Bertz CT molecular complexity index is 864. The van der Waals surface area contributed by atoms with Crippen LogP contribution < -0.4 is 10.6 Å². The summed E-state index contributed by atoms with van der Waals surface area (Å²) in [6, 6.07) is 8.45. The normalized spacial score (nSPS) is 11.4. The minimum Gasteiger partial charge on any atom is -0.358 e. The number of aryl methyl sites for hydroxylation is 2. The van der Waals surface area contributed by atoms with Gasteiger partial charge in [-0.05, 0) is 37.5 Å². The van der Waals surface area contributed by atoms with Gasteiger partial charge in [-0.2, -0.15) is 5.10 Å². The molecule has 3 N–H and O–H groups in total. The summed E-state index contributed by atoms with van der Waals surface area (Å²) >= 11 is 0. The predicted octanol–water partition coefficient (Wildman–Crippen LogP) is 3.01. The first kappa shape index (κ1) is 20.3. The third kappa shape index (κ3) is 5.00. The fourth-order valence-corrected chi connectivity index (χ4v) is 3.06. The van der Waals surface area contributed by atoms with Gasteiger partial charge in [0.1, 0.15) is 0 Å². The molecule has 0 saturated carbocycles. The van der Waals surface area contributed by atoms with Crippen molar-refractivity contribution < 1.29 is 0 Å². The van der Waals surface area contributed by atoms with Crippen LogP contribution in [-0.2, 0) is 13.0 Å². The van der Waals surface area contributed by atoms with Crippen LogP contribution >= 0.6 is 24.0 Å². The van der Waals surface area contributed by atoms with Crippen LogP contribution in [0.1, 0.15) is 16.8 Å². The molecule has 7 heteroatoms. The Morgan fingerprint density at radius 2 is 1.96 bits per heavy atom. The molecule has 0 aliphatic carbocycles. The first-order valence-electron chi connectivity index (χ1n) is 8.67. The highest BCUT2D eigenvalue weighted by Crippen LogP contribution is 2.21. The molecule has 140 valence electrons. The molecule has 3 aromatic rings. The molecule has 1 aromatic carbocycles. The summed E-state index contributed by atoms with van der Waals surface area (Å²) in [7, 11) is 1.80. The number of fused-ring (bicyclic) bond motifs is 1. The molecule has 0 saturated heterocycles. The van der Waals surface area contributed by atoms with E-state index in [2.05, 4.69) is 56.9 Å². The summed E-state index contributed by atoms with van der Waals surface area (Å²) in [6.45, 7) is 6.62. The Hall–Kier alpha value is -2.03. The first-order chi connectivity index (χ1) is 12.2. The van der Waals surface area contributed by atoms with E-state index in [1.165, 1.54) is 27.7 Å². The van der Waals surface area contributed by atoms with Crippen LogP contribution in [-0.4, -0.2) is 40.9 Å². The molecule has 0 aliphatic rings. The molecule has 0 atom stereocenters. The average Bonchev–Trinajstić information content (AvgIpc) is 3.16. The molecule has 0 radical (unpaired) electrons. The monoisotopic (exact) mass is 466 g/mol. The number of halogens is 1. The van der Waals surface area contributed by atoms with E-state index in [1.807, 2.05) is 24.0 Å². The zero-order chi connectivity index (χ0) is 17.6. The number of nitrogens with one attached hydrogen (secondary N) is 3. The number of nitrogens with zero attached hydrogens (tertiary/aromatic N) is 3. The first-order valence-corrected chi connectivity index (χ1v) is 8.67. The number of aliphatic imine (C=N–C) groups is 1. The maximum absolute atomic E-state index is 4.29. The van der Waals surface area contributed by atoms with Crippen LogP contribution in [0.5, 0.6) is 0 Å². The number of hydrogen-bond donors (Lipinski definition) is 3. The molecule has 2 heterocycles. The van der Waals surface area contributed by atoms with Gasteiger partial charge in [-0.1, -0.05) is 18.2 Å². The number of H-pyrrole nitrogens is 1. The highest BCUT2D eigenvalue weighted by Gasteiger charge is 2.07. The maximum Gasteiger partial charge on any atom is 0.191 e. The largest absolute Gasteiger partial charge is 0.358 e. The molecule has 26 heavy (non-hydrogen) atoms. The van der Waals surface area contributed by atoms with E-state index in [1.54, 1.807) is 7.05 Å². The van der Waals surface area contributed by atoms with Crippen LogP contribution in [0.4, 0.5) is 0 Å². The molecule has 0 spiro atoms. The maximum atomic E-state index is 4.29. The third-order valence-electron chi connectivity index (χ3n) is 4.31. The molecule has 0 unspecified atom stereocenters. The molecular formula is C19H27IN6. The van der Waals surface area contributed by atoms with E-state index in [-0.39, 0.29) is 24.0 Å². The van der Waals surface area contributed by atoms with E-state index < -0.39 is 0 Å². The van der Waals surface area contributed by atoms with E-state index in [0.717, 1.165) is 32.0 Å². The molecule has 2 aromatic heterocycles. The van der Waals surface area contributed by atoms with E-state index in [0.29, 0.717) is 0 Å². The van der Waals surface area contributed by atoms with Crippen molar-refractivity contribution in [1.82, 2.24) is 25.4 Å². The van der Waals surface area contributed by atoms with Gasteiger partial charge in [-0.25, -0.2) is 0 Å². The Kier molecular flexibility index (Phi) is 7.50. The number of hydrogen-bond acceptors (Lipinski definition) is 2. The van der Waals surface area contributed by atoms with Crippen molar-refractivity contribution in [3.05, 3.63) is 53.5 Å². The Labute approximate surface area is 171 Å². The van der Waals surface area contributed by atoms with E-state index >= 15 is 0 Å². The second-order valence-corrected chi connectivity index (χ2v) is 6.23. The van der Waals surface area contributed by atoms with Gasteiger partial charge >= 0.3 is 0 Å². The summed E-state index contributed by atoms with van der Waals surface area (Å²) in [6.07, 6.45) is 4.86. The molecule has 0 bridgehead atoms. The number of aromatic nitrogens is 3. The van der Waals surface area contributed by atoms with Crippen LogP contribution in [0, 0.1) is 13.8 Å². The summed E-state index contributed by atoms with van der Waals surface area (Å²) in [4.78, 5) is 7.74. The van der Waals surface area contributed by atoms with Crippen LogP contribution in [0.15, 0.2) is 41.7 Å².